The second kappa shape index (κ2) is 5.40. The monoisotopic (exact) mass is 285 g/mol. The largest absolute Gasteiger partial charge is 0.481 e. The molecule has 108 valence electrons. The third-order valence-electron chi connectivity index (χ3n) is 3.68. The Morgan fingerprint density at radius 2 is 2.19 bits per heavy atom. The van der Waals surface area contributed by atoms with Crippen molar-refractivity contribution in [2.45, 2.75) is 6.42 Å². The molecule has 0 radical (unpaired) electrons. The Balaban J connectivity index is 1.70. The summed E-state index contributed by atoms with van der Waals surface area (Å²) in [6, 6.07) is 8.99. The number of likely N-dealkylation sites (tertiary alicyclic amines) is 1. The number of hydrogen-bond acceptors (Lipinski definition) is 3. The summed E-state index contributed by atoms with van der Waals surface area (Å²) in [5.41, 5.74) is 1.54. The summed E-state index contributed by atoms with van der Waals surface area (Å²) < 4.78 is 0. The number of aromatic nitrogens is 1. The van der Waals surface area contributed by atoms with Crippen molar-refractivity contribution in [3.63, 3.8) is 0 Å². The number of hydrogen-bond donors (Lipinski definition) is 2. The quantitative estimate of drug-likeness (QED) is 0.886. The van der Waals surface area contributed by atoms with E-state index in [1.807, 2.05) is 24.3 Å². The molecule has 1 aliphatic heterocycles. The number of amides is 2. The predicted octanol–water partition coefficient (Wildman–Crippen LogP) is 2.17. The summed E-state index contributed by atoms with van der Waals surface area (Å²) in [7, 11) is 0. The van der Waals surface area contributed by atoms with Crippen LogP contribution in [0.3, 0.4) is 0 Å². The number of carboxylic acids is 1. The van der Waals surface area contributed by atoms with Crippen molar-refractivity contribution in [1.82, 2.24) is 9.88 Å². The Labute approximate surface area is 121 Å². The Morgan fingerprint density at radius 1 is 1.33 bits per heavy atom. The number of anilines is 1. The summed E-state index contributed by atoms with van der Waals surface area (Å²) >= 11 is 0. The number of fused-ring (bicyclic) bond motifs is 1. The summed E-state index contributed by atoms with van der Waals surface area (Å²) in [6.45, 7) is 0.730. The highest BCUT2D eigenvalue weighted by Crippen LogP contribution is 2.20. The molecule has 1 aromatic heterocycles. The molecule has 6 heteroatoms. The minimum Gasteiger partial charge on any atom is -0.481 e. The average Bonchev–Trinajstić information content (AvgIpc) is 2.97. The molecule has 1 atom stereocenters. The number of aliphatic carboxylic acids is 1. The number of carbonyl (C=O) groups excluding carboxylic acids is 1. The predicted molar refractivity (Wildman–Crippen MR) is 78.1 cm³/mol. The van der Waals surface area contributed by atoms with Gasteiger partial charge in [-0.1, -0.05) is 6.07 Å². The zero-order valence-electron chi connectivity index (χ0n) is 11.3. The van der Waals surface area contributed by atoms with E-state index in [9.17, 15) is 9.59 Å². The van der Waals surface area contributed by atoms with Crippen LogP contribution in [0.1, 0.15) is 6.42 Å². The number of nitrogens with zero attached hydrogens (tertiary/aromatic N) is 2. The molecule has 6 nitrogen and oxygen atoms in total. The average molecular weight is 285 g/mol. The van der Waals surface area contributed by atoms with Crippen LogP contribution in [0.25, 0.3) is 10.9 Å². The van der Waals surface area contributed by atoms with Gasteiger partial charge in [0.1, 0.15) is 0 Å². The van der Waals surface area contributed by atoms with Gasteiger partial charge in [-0.25, -0.2) is 4.79 Å². The Hall–Kier alpha value is -2.63. The number of pyridine rings is 1. The fourth-order valence-corrected chi connectivity index (χ4v) is 2.50. The van der Waals surface area contributed by atoms with Gasteiger partial charge in [-0.05, 0) is 30.7 Å². The first-order valence-electron chi connectivity index (χ1n) is 6.77. The van der Waals surface area contributed by atoms with Crippen molar-refractivity contribution >= 4 is 28.6 Å². The Kier molecular flexibility index (Phi) is 3.43. The third-order valence-corrected chi connectivity index (χ3v) is 3.68. The second-order valence-electron chi connectivity index (χ2n) is 5.11. The topological polar surface area (TPSA) is 82.5 Å². The number of carboxylic acid groups (broad SMARTS) is 1. The number of carbonyl (C=O) groups is 2. The second-order valence-corrected chi connectivity index (χ2v) is 5.11. The van der Waals surface area contributed by atoms with E-state index in [1.54, 1.807) is 12.3 Å². The lowest BCUT2D eigenvalue weighted by molar-refractivity contribution is -0.141. The van der Waals surface area contributed by atoms with Crippen molar-refractivity contribution in [3.05, 3.63) is 36.5 Å². The molecule has 2 aromatic rings. The van der Waals surface area contributed by atoms with Gasteiger partial charge in [0.05, 0.1) is 11.4 Å². The summed E-state index contributed by atoms with van der Waals surface area (Å²) in [4.78, 5) is 28.8. The first-order valence-corrected chi connectivity index (χ1v) is 6.77. The van der Waals surface area contributed by atoms with E-state index in [2.05, 4.69) is 10.3 Å². The van der Waals surface area contributed by atoms with Crippen LogP contribution in [0.4, 0.5) is 10.5 Å². The molecule has 1 saturated heterocycles. The molecule has 2 amide bonds. The smallest absolute Gasteiger partial charge is 0.321 e. The molecule has 0 saturated carbocycles. The Bertz CT molecular complexity index is 701. The molecule has 1 unspecified atom stereocenters. The van der Waals surface area contributed by atoms with Crippen molar-refractivity contribution in [1.29, 1.82) is 0 Å². The molecule has 2 N–H and O–H groups in total. The fourth-order valence-electron chi connectivity index (χ4n) is 2.50. The van der Waals surface area contributed by atoms with Crippen molar-refractivity contribution < 1.29 is 14.7 Å². The lowest BCUT2D eigenvalue weighted by atomic mass is 10.1. The van der Waals surface area contributed by atoms with Gasteiger partial charge >= 0.3 is 12.0 Å². The number of nitrogens with one attached hydrogen (secondary N) is 1. The molecular formula is C15H15N3O3. The molecule has 3 rings (SSSR count). The highest BCUT2D eigenvalue weighted by atomic mass is 16.4. The maximum atomic E-state index is 12.1. The molecular weight excluding hydrogens is 270 g/mol. The number of urea groups is 1. The molecule has 2 heterocycles. The maximum absolute atomic E-state index is 12.1. The zero-order chi connectivity index (χ0) is 14.8. The number of rotatable bonds is 2. The SMILES string of the molecule is O=C(O)C1CCN(C(=O)Nc2ccc3ncccc3c2)C1. The first kappa shape index (κ1) is 13.4. The van der Waals surface area contributed by atoms with Gasteiger partial charge < -0.3 is 15.3 Å². The van der Waals surface area contributed by atoms with E-state index in [1.165, 1.54) is 4.90 Å². The van der Waals surface area contributed by atoms with E-state index < -0.39 is 11.9 Å². The van der Waals surface area contributed by atoms with Gasteiger partial charge in [-0.3, -0.25) is 9.78 Å². The molecule has 1 aliphatic rings. The highest BCUT2D eigenvalue weighted by Gasteiger charge is 2.30. The molecule has 1 aromatic carbocycles. The van der Waals surface area contributed by atoms with Crippen LogP contribution in [0.15, 0.2) is 36.5 Å². The van der Waals surface area contributed by atoms with E-state index >= 15 is 0 Å². The minimum absolute atomic E-state index is 0.260. The fraction of sp³-hybridized carbons (Fsp3) is 0.267. The lowest BCUT2D eigenvalue weighted by Crippen LogP contribution is -2.33. The standard InChI is InChI=1S/C15H15N3O3/c19-14(20)11-5-7-18(9-11)15(21)17-12-3-4-13-10(8-12)2-1-6-16-13/h1-4,6,8,11H,5,7,9H2,(H,17,21)(H,19,20). The minimum atomic E-state index is -0.845. The zero-order valence-corrected chi connectivity index (χ0v) is 11.3. The van der Waals surface area contributed by atoms with Crippen LogP contribution in [0.5, 0.6) is 0 Å². The normalized spacial score (nSPS) is 17.9. The summed E-state index contributed by atoms with van der Waals surface area (Å²) in [5, 5.41) is 12.7. The maximum Gasteiger partial charge on any atom is 0.321 e. The highest BCUT2D eigenvalue weighted by molar-refractivity contribution is 5.93. The van der Waals surface area contributed by atoms with Gasteiger partial charge in [0, 0.05) is 30.4 Å². The van der Waals surface area contributed by atoms with Crippen molar-refractivity contribution in [3.8, 4) is 0 Å². The van der Waals surface area contributed by atoms with Crippen molar-refractivity contribution in [2.75, 3.05) is 18.4 Å². The van der Waals surface area contributed by atoms with E-state index in [-0.39, 0.29) is 12.6 Å². The van der Waals surface area contributed by atoms with Gasteiger partial charge in [-0.15, -0.1) is 0 Å². The van der Waals surface area contributed by atoms with Gasteiger partial charge in [0.25, 0.3) is 0 Å². The third kappa shape index (κ3) is 2.79. The molecule has 21 heavy (non-hydrogen) atoms. The van der Waals surface area contributed by atoms with Gasteiger partial charge in [-0.2, -0.15) is 0 Å². The van der Waals surface area contributed by atoms with Crippen LogP contribution >= 0.6 is 0 Å². The van der Waals surface area contributed by atoms with Crippen LogP contribution in [-0.4, -0.2) is 40.1 Å². The van der Waals surface area contributed by atoms with E-state index in [4.69, 9.17) is 5.11 Å². The van der Waals surface area contributed by atoms with E-state index in [0.717, 1.165) is 10.9 Å². The molecule has 0 bridgehead atoms. The molecule has 0 aliphatic carbocycles. The summed E-state index contributed by atoms with van der Waals surface area (Å²) in [6.07, 6.45) is 2.22. The van der Waals surface area contributed by atoms with Gasteiger partial charge in [0.15, 0.2) is 0 Å². The van der Waals surface area contributed by atoms with Crippen molar-refractivity contribution in [2.24, 2.45) is 5.92 Å². The van der Waals surface area contributed by atoms with Crippen LogP contribution in [0, 0.1) is 5.92 Å². The van der Waals surface area contributed by atoms with Gasteiger partial charge in [0.2, 0.25) is 0 Å². The number of benzene rings is 1. The first-order chi connectivity index (χ1) is 10.1. The lowest BCUT2D eigenvalue weighted by Gasteiger charge is -2.16. The van der Waals surface area contributed by atoms with E-state index in [0.29, 0.717) is 18.7 Å². The van der Waals surface area contributed by atoms with Crippen LogP contribution in [0.2, 0.25) is 0 Å². The summed E-state index contributed by atoms with van der Waals surface area (Å²) in [5.74, 6) is -1.31. The van der Waals surface area contributed by atoms with Crippen LogP contribution < -0.4 is 5.32 Å². The van der Waals surface area contributed by atoms with Crippen LogP contribution in [-0.2, 0) is 4.79 Å². The molecule has 0 spiro atoms. The molecule has 1 fully saturated rings. The Morgan fingerprint density at radius 3 is 2.95 bits per heavy atom.